The van der Waals surface area contributed by atoms with Gasteiger partial charge in [0, 0.05) is 19.3 Å². The third-order valence-electron chi connectivity index (χ3n) is 3.63. The van der Waals surface area contributed by atoms with Gasteiger partial charge >= 0.3 is 5.97 Å². The molecule has 0 fully saturated rings. The minimum atomic E-state index is -0.790. The predicted molar refractivity (Wildman–Crippen MR) is 88.0 cm³/mol. The van der Waals surface area contributed by atoms with E-state index in [0.717, 1.165) is 16.9 Å². The van der Waals surface area contributed by atoms with Gasteiger partial charge in [-0.2, -0.15) is 0 Å². The summed E-state index contributed by atoms with van der Waals surface area (Å²) in [5.41, 5.74) is 3.47. The second-order valence-electron chi connectivity index (χ2n) is 5.80. The van der Waals surface area contributed by atoms with E-state index >= 15 is 0 Å². The lowest BCUT2D eigenvalue weighted by atomic mass is 10.1. The number of anilines is 1. The maximum absolute atomic E-state index is 11.2. The Labute approximate surface area is 131 Å². The average Bonchev–Trinajstić information content (AvgIpc) is 2.48. The zero-order chi connectivity index (χ0) is 16.1. The Kier molecular flexibility index (Phi) is 5.15. The van der Waals surface area contributed by atoms with Gasteiger partial charge in [-0.05, 0) is 37.1 Å². The second kappa shape index (κ2) is 7.07. The van der Waals surface area contributed by atoms with Gasteiger partial charge in [-0.25, -0.2) is 4.98 Å². The van der Waals surface area contributed by atoms with E-state index in [1.807, 2.05) is 24.0 Å². The fourth-order valence-electron chi connectivity index (χ4n) is 2.25. The molecule has 0 saturated heterocycles. The number of aromatic nitrogens is 1. The number of pyridine rings is 1. The van der Waals surface area contributed by atoms with Crippen LogP contribution in [0.3, 0.4) is 0 Å². The first-order chi connectivity index (χ1) is 10.5. The molecule has 1 aromatic heterocycles. The molecular formula is C18H22N2O2. The van der Waals surface area contributed by atoms with Crippen LogP contribution in [0, 0.1) is 19.8 Å². The van der Waals surface area contributed by atoms with Crippen LogP contribution < -0.4 is 4.90 Å². The van der Waals surface area contributed by atoms with E-state index in [9.17, 15) is 9.90 Å². The number of hydrogen-bond acceptors (Lipinski definition) is 3. The molecule has 1 N–H and O–H groups in total. The van der Waals surface area contributed by atoms with E-state index in [0.29, 0.717) is 13.1 Å². The van der Waals surface area contributed by atoms with E-state index in [1.165, 1.54) is 5.56 Å². The largest absolute Gasteiger partial charge is 0.481 e. The van der Waals surface area contributed by atoms with E-state index < -0.39 is 11.9 Å². The summed E-state index contributed by atoms with van der Waals surface area (Å²) in [5.74, 6) is -0.428. The topological polar surface area (TPSA) is 53.4 Å². The summed E-state index contributed by atoms with van der Waals surface area (Å²) >= 11 is 0. The molecule has 0 amide bonds. The lowest BCUT2D eigenvalue weighted by Gasteiger charge is -2.26. The van der Waals surface area contributed by atoms with Crippen molar-refractivity contribution in [2.45, 2.75) is 27.3 Å². The molecule has 0 aliphatic carbocycles. The monoisotopic (exact) mass is 298 g/mol. The molecule has 4 nitrogen and oxygen atoms in total. The first kappa shape index (κ1) is 16.0. The number of carboxylic acid groups (broad SMARTS) is 1. The Balaban J connectivity index is 2.24. The number of carboxylic acids is 1. The summed E-state index contributed by atoms with van der Waals surface area (Å²) in [6.45, 7) is 6.86. The van der Waals surface area contributed by atoms with Gasteiger partial charge in [-0.1, -0.05) is 36.8 Å². The summed E-state index contributed by atoms with van der Waals surface area (Å²) in [5, 5.41) is 9.19. The quantitative estimate of drug-likeness (QED) is 0.887. The Morgan fingerprint density at radius 2 is 1.86 bits per heavy atom. The molecule has 1 atom stereocenters. The summed E-state index contributed by atoms with van der Waals surface area (Å²) in [6, 6.07) is 12.2. The van der Waals surface area contributed by atoms with Gasteiger partial charge in [0.1, 0.15) is 5.82 Å². The van der Waals surface area contributed by atoms with Crippen LogP contribution in [0.1, 0.15) is 23.6 Å². The van der Waals surface area contributed by atoms with Crippen molar-refractivity contribution < 1.29 is 9.90 Å². The predicted octanol–water partition coefficient (Wildman–Crippen LogP) is 3.43. The van der Waals surface area contributed by atoms with Crippen LogP contribution in [0.5, 0.6) is 0 Å². The zero-order valence-electron chi connectivity index (χ0n) is 13.3. The van der Waals surface area contributed by atoms with E-state index in [-0.39, 0.29) is 0 Å². The van der Waals surface area contributed by atoms with Gasteiger partial charge < -0.3 is 10.0 Å². The number of carbonyl (C=O) groups is 1. The molecule has 116 valence electrons. The van der Waals surface area contributed by atoms with E-state index in [4.69, 9.17) is 0 Å². The minimum absolute atomic E-state index is 0.430. The first-order valence-electron chi connectivity index (χ1n) is 7.41. The normalized spacial score (nSPS) is 12.0. The van der Waals surface area contributed by atoms with Gasteiger partial charge in [0.15, 0.2) is 0 Å². The number of rotatable bonds is 6. The van der Waals surface area contributed by atoms with E-state index in [2.05, 4.69) is 36.2 Å². The van der Waals surface area contributed by atoms with Crippen molar-refractivity contribution in [1.29, 1.82) is 0 Å². The zero-order valence-corrected chi connectivity index (χ0v) is 13.3. The third kappa shape index (κ3) is 4.32. The van der Waals surface area contributed by atoms with Crippen molar-refractivity contribution >= 4 is 11.8 Å². The van der Waals surface area contributed by atoms with E-state index in [1.54, 1.807) is 13.1 Å². The molecule has 0 saturated carbocycles. The molecular weight excluding hydrogens is 276 g/mol. The number of hydrogen-bond donors (Lipinski definition) is 1. The van der Waals surface area contributed by atoms with Crippen LogP contribution >= 0.6 is 0 Å². The number of aryl methyl sites for hydroxylation is 2. The highest BCUT2D eigenvalue weighted by atomic mass is 16.4. The first-order valence-corrected chi connectivity index (χ1v) is 7.41. The fourth-order valence-corrected chi connectivity index (χ4v) is 2.25. The fraction of sp³-hybridized carbons (Fsp3) is 0.333. The molecule has 1 aromatic carbocycles. The molecule has 1 unspecified atom stereocenters. The molecule has 22 heavy (non-hydrogen) atoms. The molecule has 1 heterocycles. The van der Waals surface area contributed by atoms with Crippen LogP contribution in [0.15, 0.2) is 42.6 Å². The molecule has 0 radical (unpaired) electrons. The van der Waals surface area contributed by atoms with Crippen LogP contribution in [-0.4, -0.2) is 22.6 Å². The van der Waals surface area contributed by atoms with Crippen molar-refractivity contribution in [2.24, 2.45) is 5.92 Å². The molecule has 0 bridgehead atoms. The van der Waals surface area contributed by atoms with Crippen molar-refractivity contribution in [2.75, 3.05) is 11.4 Å². The van der Waals surface area contributed by atoms with Gasteiger partial charge in [-0.15, -0.1) is 0 Å². The van der Waals surface area contributed by atoms with Gasteiger partial charge in [0.25, 0.3) is 0 Å². The number of aliphatic carboxylic acids is 1. The lowest BCUT2D eigenvalue weighted by Crippen LogP contribution is -2.32. The molecule has 2 aromatic rings. The maximum Gasteiger partial charge on any atom is 0.308 e. The Bertz CT molecular complexity index is 638. The Morgan fingerprint density at radius 3 is 2.45 bits per heavy atom. The highest BCUT2D eigenvalue weighted by Gasteiger charge is 2.18. The SMILES string of the molecule is Cc1ccc(CN(CC(C)C(=O)O)c2cc(C)ccn2)cc1. The Hall–Kier alpha value is -2.36. The summed E-state index contributed by atoms with van der Waals surface area (Å²) in [7, 11) is 0. The summed E-state index contributed by atoms with van der Waals surface area (Å²) in [6.07, 6.45) is 1.76. The summed E-state index contributed by atoms with van der Waals surface area (Å²) in [4.78, 5) is 17.6. The van der Waals surface area contributed by atoms with Crippen LogP contribution in [0.25, 0.3) is 0 Å². The lowest BCUT2D eigenvalue weighted by molar-refractivity contribution is -0.140. The Morgan fingerprint density at radius 1 is 1.18 bits per heavy atom. The molecule has 4 heteroatoms. The molecule has 0 aliphatic rings. The number of benzene rings is 1. The minimum Gasteiger partial charge on any atom is -0.481 e. The highest BCUT2D eigenvalue weighted by Crippen LogP contribution is 2.18. The van der Waals surface area contributed by atoms with Crippen LogP contribution in [-0.2, 0) is 11.3 Å². The smallest absolute Gasteiger partial charge is 0.308 e. The molecule has 2 rings (SSSR count). The van der Waals surface area contributed by atoms with Gasteiger partial charge in [0.2, 0.25) is 0 Å². The highest BCUT2D eigenvalue weighted by molar-refractivity contribution is 5.70. The van der Waals surface area contributed by atoms with Crippen molar-refractivity contribution in [3.8, 4) is 0 Å². The van der Waals surface area contributed by atoms with Gasteiger partial charge in [-0.3, -0.25) is 4.79 Å². The standard InChI is InChI=1S/C18H22N2O2/c1-13-4-6-16(7-5-13)12-20(11-15(3)18(21)22)17-10-14(2)8-9-19-17/h4-10,15H,11-12H2,1-3H3,(H,21,22). The summed E-state index contributed by atoms with van der Waals surface area (Å²) < 4.78 is 0. The van der Waals surface area contributed by atoms with Crippen molar-refractivity contribution in [3.63, 3.8) is 0 Å². The molecule has 0 spiro atoms. The number of nitrogens with zero attached hydrogens (tertiary/aromatic N) is 2. The maximum atomic E-state index is 11.2. The molecule has 0 aliphatic heterocycles. The van der Waals surface area contributed by atoms with Gasteiger partial charge in [0.05, 0.1) is 5.92 Å². The second-order valence-corrected chi connectivity index (χ2v) is 5.80. The van der Waals surface area contributed by atoms with Crippen molar-refractivity contribution in [1.82, 2.24) is 4.98 Å². The average molecular weight is 298 g/mol. The van der Waals surface area contributed by atoms with Crippen LogP contribution in [0.4, 0.5) is 5.82 Å². The van der Waals surface area contributed by atoms with Crippen molar-refractivity contribution in [3.05, 3.63) is 59.3 Å². The third-order valence-corrected chi connectivity index (χ3v) is 3.63. The van der Waals surface area contributed by atoms with Crippen LogP contribution in [0.2, 0.25) is 0 Å².